The molecule has 0 saturated carbocycles. The molecule has 3 rings (SSSR count). The minimum absolute atomic E-state index is 0.209. The molecule has 0 bridgehead atoms. The van der Waals surface area contributed by atoms with Crippen LogP contribution in [-0.2, 0) is 4.74 Å². The second-order valence-corrected chi connectivity index (χ2v) is 5.11. The highest BCUT2D eigenvalue weighted by molar-refractivity contribution is 5.86. The summed E-state index contributed by atoms with van der Waals surface area (Å²) in [6.07, 6.45) is 4.56. The van der Waals surface area contributed by atoms with Crippen molar-refractivity contribution in [2.75, 3.05) is 18.0 Å². The Kier molecular flexibility index (Phi) is 4.05. The van der Waals surface area contributed by atoms with Gasteiger partial charge in [0.05, 0.1) is 24.4 Å². The first-order valence-corrected chi connectivity index (χ1v) is 7.12. The molecule has 0 N–H and O–H groups in total. The van der Waals surface area contributed by atoms with Crippen LogP contribution in [0.15, 0.2) is 41.1 Å². The van der Waals surface area contributed by atoms with Crippen LogP contribution in [0.25, 0.3) is 0 Å². The lowest BCUT2D eigenvalue weighted by Gasteiger charge is -2.33. The van der Waals surface area contributed by atoms with E-state index in [1.54, 1.807) is 30.5 Å². The van der Waals surface area contributed by atoms with Gasteiger partial charge in [-0.3, -0.25) is 0 Å². The molecule has 0 amide bonds. The maximum Gasteiger partial charge on any atom is 0.374 e. The summed E-state index contributed by atoms with van der Waals surface area (Å²) in [4.78, 5) is 18.2. The average molecular weight is 297 g/mol. The molecule has 0 spiro atoms. The molecule has 3 heterocycles. The molecular formula is C16H15N3O3. The van der Waals surface area contributed by atoms with E-state index in [-0.39, 0.29) is 11.9 Å². The molecule has 2 aromatic heterocycles. The zero-order valence-electron chi connectivity index (χ0n) is 11.9. The second kappa shape index (κ2) is 6.31. The largest absolute Gasteiger partial charge is 0.457 e. The molecule has 22 heavy (non-hydrogen) atoms. The number of pyridine rings is 1. The van der Waals surface area contributed by atoms with Gasteiger partial charge in [0.1, 0.15) is 11.9 Å². The van der Waals surface area contributed by atoms with Gasteiger partial charge in [-0.05, 0) is 37.1 Å². The van der Waals surface area contributed by atoms with Crippen LogP contribution in [0.5, 0.6) is 0 Å². The predicted octanol–water partition coefficient (Wildman–Crippen LogP) is 2.37. The lowest BCUT2D eigenvalue weighted by molar-refractivity contribution is 0.0234. The van der Waals surface area contributed by atoms with Gasteiger partial charge in [0, 0.05) is 12.7 Å². The van der Waals surface area contributed by atoms with Crippen molar-refractivity contribution in [3.8, 4) is 6.07 Å². The number of esters is 1. The maximum absolute atomic E-state index is 11.9. The van der Waals surface area contributed by atoms with E-state index in [0.717, 1.165) is 25.2 Å². The summed E-state index contributed by atoms with van der Waals surface area (Å²) in [5, 5.41) is 8.96. The first kappa shape index (κ1) is 14.1. The Morgan fingerprint density at radius 1 is 1.50 bits per heavy atom. The third kappa shape index (κ3) is 3.09. The van der Waals surface area contributed by atoms with E-state index in [4.69, 9.17) is 14.4 Å². The van der Waals surface area contributed by atoms with E-state index in [1.165, 1.54) is 6.26 Å². The van der Waals surface area contributed by atoms with Crippen molar-refractivity contribution in [3.05, 3.63) is 48.0 Å². The lowest BCUT2D eigenvalue weighted by Crippen LogP contribution is -2.41. The van der Waals surface area contributed by atoms with Crippen LogP contribution in [-0.4, -0.2) is 30.1 Å². The zero-order chi connectivity index (χ0) is 15.4. The van der Waals surface area contributed by atoms with Crippen LogP contribution < -0.4 is 4.90 Å². The fraction of sp³-hybridized carbons (Fsp3) is 0.312. The number of rotatable bonds is 3. The number of piperidine rings is 1. The van der Waals surface area contributed by atoms with E-state index < -0.39 is 5.97 Å². The fourth-order valence-corrected chi connectivity index (χ4v) is 2.51. The first-order chi connectivity index (χ1) is 10.8. The van der Waals surface area contributed by atoms with Crippen LogP contribution in [0.2, 0.25) is 0 Å². The summed E-state index contributed by atoms with van der Waals surface area (Å²) < 4.78 is 10.5. The van der Waals surface area contributed by atoms with Crippen LogP contribution in [0.1, 0.15) is 29.0 Å². The molecule has 1 aliphatic heterocycles. The number of anilines is 1. The Hall–Kier alpha value is -2.81. The number of furan rings is 1. The number of nitrogens with zero attached hydrogens (tertiary/aromatic N) is 3. The molecule has 1 fully saturated rings. The molecule has 0 radical (unpaired) electrons. The SMILES string of the molecule is N#Cc1ccnc(N2CCC[C@@H](OC(=O)c3ccco3)C2)c1. The van der Waals surface area contributed by atoms with Crippen molar-refractivity contribution in [1.82, 2.24) is 4.98 Å². The molecule has 2 aromatic rings. The van der Waals surface area contributed by atoms with Gasteiger partial charge in [0.25, 0.3) is 0 Å². The fourth-order valence-electron chi connectivity index (χ4n) is 2.51. The number of carbonyl (C=O) groups excluding carboxylic acids is 1. The summed E-state index contributed by atoms with van der Waals surface area (Å²) >= 11 is 0. The smallest absolute Gasteiger partial charge is 0.374 e. The number of carbonyl (C=O) groups is 1. The normalized spacial score (nSPS) is 17.8. The number of hydrogen-bond donors (Lipinski definition) is 0. The van der Waals surface area contributed by atoms with Gasteiger partial charge in [-0.1, -0.05) is 0 Å². The van der Waals surface area contributed by atoms with Crippen molar-refractivity contribution in [2.24, 2.45) is 0 Å². The number of hydrogen-bond acceptors (Lipinski definition) is 6. The van der Waals surface area contributed by atoms with Gasteiger partial charge in [0.15, 0.2) is 0 Å². The monoisotopic (exact) mass is 297 g/mol. The van der Waals surface area contributed by atoms with Crippen LogP contribution >= 0.6 is 0 Å². The van der Waals surface area contributed by atoms with Crippen LogP contribution in [0.3, 0.4) is 0 Å². The standard InChI is InChI=1S/C16H15N3O3/c17-10-12-5-6-18-15(9-12)19-7-1-3-13(11-19)22-16(20)14-4-2-8-21-14/h2,4-6,8-9,13H,1,3,7,11H2/t13-/m1/s1. The van der Waals surface area contributed by atoms with Crippen molar-refractivity contribution < 1.29 is 13.9 Å². The lowest BCUT2D eigenvalue weighted by atomic mass is 10.1. The minimum atomic E-state index is -0.449. The summed E-state index contributed by atoms with van der Waals surface area (Å²) in [5.41, 5.74) is 0.569. The van der Waals surface area contributed by atoms with Gasteiger partial charge in [0.2, 0.25) is 5.76 Å². The van der Waals surface area contributed by atoms with E-state index in [9.17, 15) is 4.79 Å². The van der Waals surface area contributed by atoms with E-state index in [1.807, 2.05) is 4.90 Å². The topological polar surface area (TPSA) is 79.4 Å². The molecule has 0 unspecified atom stereocenters. The van der Waals surface area contributed by atoms with Gasteiger partial charge < -0.3 is 14.1 Å². The Labute approximate surface area is 127 Å². The highest BCUT2D eigenvalue weighted by Crippen LogP contribution is 2.21. The molecule has 0 aliphatic carbocycles. The average Bonchev–Trinajstić information content (AvgIpc) is 3.10. The zero-order valence-corrected chi connectivity index (χ0v) is 11.9. The van der Waals surface area contributed by atoms with Gasteiger partial charge in [-0.2, -0.15) is 5.26 Å². The number of ether oxygens (including phenoxy) is 1. The molecular weight excluding hydrogens is 282 g/mol. The van der Waals surface area contributed by atoms with Crippen molar-refractivity contribution in [3.63, 3.8) is 0 Å². The molecule has 1 aliphatic rings. The highest BCUT2D eigenvalue weighted by atomic mass is 16.6. The highest BCUT2D eigenvalue weighted by Gasteiger charge is 2.25. The molecule has 6 heteroatoms. The molecule has 112 valence electrons. The summed E-state index contributed by atoms with van der Waals surface area (Å²) in [7, 11) is 0. The number of aromatic nitrogens is 1. The van der Waals surface area contributed by atoms with Crippen molar-refractivity contribution in [1.29, 1.82) is 5.26 Å². The Balaban J connectivity index is 1.66. The quantitative estimate of drug-likeness (QED) is 0.809. The van der Waals surface area contributed by atoms with Crippen LogP contribution in [0.4, 0.5) is 5.82 Å². The van der Waals surface area contributed by atoms with E-state index in [2.05, 4.69) is 11.1 Å². The molecule has 0 aromatic carbocycles. The first-order valence-electron chi connectivity index (χ1n) is 7.12. The third-order valence-electron chi connectivity index (χ3n) is 3.57. The summed E-state index contributed by atoms with van der Waals surface area (Å²) in [6.45, 7) is 1.39. The van der Waals surface area contributed by atoms with Crippen LogP contribution in [0, 0.1) is 11.3 Å². The predicted molar refractivity (Wildman–Crippen MR) is 78.3 cm³/mol. The van der Waals surface area contributed by atoms with Gasteiger partial charge in [-0.15, -0.1) is 0 Å². The Bertz CT molecular complexity index is 691. The Morgan fingerprint density at radius 3 is 3.18 bits per heavy atom. The third-order valence-corrected chi connectivity index (χ3v) is 3.57. The van der Waals surface area contributed by atoms with Gasteiger partial charge in [-0.25, -0.2) is 9.78 Å². The Morgan fingerprint density at radius 2 is 2.41 bits per heavy atom. The van der Waals surface area contributed by atoms with Crippen molar-refractivity contribution >= 4 is 11.8 Å². The molecule has 1 atom stereocenters. The number of nitriles is 1. The van der Waals surface area contributed by atoms with Gasteiger partial charge >= 0.3 is 5.97 Å². The molecule has 6 nitrogen and oxygen atoms in total. The molecule has 1 saturated heterocycles. The van der Waals surface area contributed by atoms with E-state index in [0.29, 0.717) is 12.1 Å². The minimum Gasteiger partial charge on any atom is -0.457 e. The summed E-state index contributed by atoms with van der Waals surface area (Å²) in [6, 6.07) is 8.76. The maximum atomic E-state index is 11.9. The second-order valence-electron chi connectivity index (χ2n) is 5.11. The summed E-state index contributed by atoms with van der Waals surface area (Å²) in [5.74, 6) is 0.495. The van der Waals surface area contributed by atoms with E-state index >= 15 is 0 Å². The van der Waals surface area contributed by atoms with Crippen molar-refractivity contribution in [2.45, 2.75) is 18.9 Å².